The summed E-state index contributed by atoms with van der Waals surface area (Å²) in [7, 11) is 0.184. The Labute approximate surface area is 108 Å². The minimum Gasteiger partial charge on any atom is -0.388 e. The number of ether oxygens (including phenoxy) is 1. The number of aromatic nitrogens is 1. The van der Waals surface area contributed by atoms with Crippen LogP contribution >= 0.6 is 10.7 Å². The maximum Gasteiger partial charge on any atom is 0.574 e. The third-order valence-corrected chi connectivity index (χ3v) is 2.95. The Morgan fingerprint density at radius 2 is 2.00 bits per heavy atom. The van der Waals surface area contributed by atoms with Crippen LogP contribution in [0.15, 0.2) is 11.1 Å². The lowest BCUT2D eigenvalue weighted by molar-refractivity contribution is -0.389. The van der Waals surface area contributed by atoms with Crippen LogP contribution in [0.1, 0.15) is 5.56 Å². The molecule has 0 bridgehead atoms. The Hall–Kier alpha value is -1.62. The third kappa shape index (κ3) is 3.92. The summed E-state index contributed by atoms with van der Waals surface area (Å²) in [5.41, 5.74) is -1.40. The van der Waals surface area contributed by atoms with E-state index in [-0.39, 0.29) is 0 Å². The summed E-state index contributed by atoms with van der Waals surface area (Å²) >= 11 is 0. The van der Waals surface area contributed by atoms with Crippen LogP contribution in [-0.2, 0) is 9.05 Å². The highest BCUT2D eigenvalue weighted by molar-refractivity contribution is 8.13. The van der Waals surface area contributed by atoms with E-state index in [0.29, 0.717) is 6.07 Å². The van der Waals surface area contributed by atoms with E-state index in [4.69, 9.17) is 10.7 Å². The predicted octanol–water partition coefficient (Wildman–Crippen LogP) is 2.12. The van der Waals surface area contributed by atoms with Crippen molar-refractivity contribution in [2.24, 2.45) is 0 Å². The maximum absolute atomic E-state index is 12.0. The lowest BCUT2D eigenvalue weighted by atomic mass is 10.2. The van der Waals surface area contributed by atoms with Crippen molar-refractivity contribution in [3.63, 3.8) is 0 Å². The van der Waals surface area contributed by atoms with Gasteiger partial charge in [-0.05, 0) is 6.92 Å². The highest BCUT2D eigenvalue weighted by Crippen LogP contribution is 2.32. The summed E-state index contributed by atoms with van der Waals surface area (Å²) < 4.78 is 61.5. The van der Waals surface area contributed by atoms with Crippen molar-refractivity contribution < 1.29 is 31.2 Å². The summed E-state index contributed by atoms with van der Waals surface area (Å²) in [4.78, 5) is 12.5. The van der Waals surface area contributed by atoms with Crippen molar-refractivity contribution in [1.82, 2.24) is 4.98 Å². The normalized spacial score (nSPS) is 12.3. The Morgan fingerprint density at radius 1 is 1.47 bits per heavy atom. The van der Waals surface area contributed by atoms with Crippen LogP contribution in [0.2, 0.25) is 0 Å². The average Bonchev–Trinajstić information content (AvgIpc) is 2.11. The van der Waals surface area contributed by atoms with Gasteiger partial charge in [-0.25, -0.2) is 8.42 Å². The van der Waals surface area contributed by atoms with E-state index in [0.717, 1.165) is 6.92 Å². The molecule has 0 amide bonds. The van der Waals surface area contributed by atoms with Gasteiger partial charge in [0.05, 0.1) is 4.92 Å². The van der Waals surface area contributed by atoms with Gasteiger partial charge in [0.25, 0.3) is 14.1 Å². The van der Waals surface area contributed by atoms with Crippen molar-refractivity contribution in [1.29, 1.82) is 0 Å². The number of rotatable bonds is 3. The van der Waals surface area contributed by atoms with Crippen LogP contribution in [0.3, 0.4) is 0 Å². The number of nitro groups is 1. The molecule has 0 N–H and O–H groups in total. The lowest BCUT2D eigenvalue weighted by Gasteiger charge is -2.09. The van der Waals surface area contributed by atoms with E-state index in [1.807, 2.05) is 0 Å². The molecule has 19 heavy (non-hydrogen) atoms. The van der Waals surface area contributed by atoms with E-state index in [9.17, 15) is 31.7 Å². The molecular formula is C7H4ClF3N2O5S. The Balaban J connectivity index is 3.53. The summed E-state index contributed by atoms with van der Waals surface area (Å²) in [6, 6.07) is 0.581. The fourth-order valence-corrected chi connectivity index (χ4v) is 2.16. The molecule has 1 heterocycles. The second-order valence-corrected chi connectivity index (χ2v) is 5.66. The SMILES string of the molecule is Cc1cc(OC(F)(F)F)nc(S(=O)(=O)Cl)c1[N+](=O)[O-]. The fourth-order valence-electron chi connectivity index (χ4n) is 1.17. The molecule has 0 aliphatic carbocycles. The van der Waals surface area contributed by atoms with Gasteiger partial charge in [-0.2, -0.15) is 4.98 Å². The second-order valence-electron chi connectivity index (χ2n) is 3.17. The van der Waals surface area contributed by atoms with Crippen LogP contribution in [0.5, 0.6) is 5.88 Å². The van der Waals surface area contributed by atoms with E-state index in [2.05, 4.69) is 9.72 Å². The van der Waals surface area contributed by atoms with Gasteiger partial charge in [-0.15, -0.1) is 13.2 Å². The third-order valence-electron chi connectivity index (χ3n) is 1.76. The first-order valence-electron chi connectivity index (χ1n) is 4.28. The topological polar surface area (TPSA) is 99.4 Å². The molecule has 0 aromatic carbocycles. The standard InChI is InChI=1S/C7H4ClF3N2O5S/c1-3-2-4(18-7(9,10)11)12-6(19(8,16)17)5(3)13(14)15/h2H,1H3. The van der Waals surface area contributed by atoms with Gasteiger partial charge in [0, 0.05) is 22.3 Å². The van der Waals surface area contributed by atoms with Crippen molar-refractivity contribution in [2.45, 2.75) is 18.3 Å². The molecule has 0 aliphatic heterocycles. The van der Waals surface area contributed by atoms with Crippen LogP contribution in [0.4, 0.5) is 18.9 Å². The summed E-state index contributed by atoms with van der Waals surface area (Å²) in [5.74, 6) is -1.16. The monoisotopic (exact) mass is 320 g/mol. The van der Waals surface area contributed by atoms with Gasteiger partial charge in [-0.3, -0.25) is 10.1 Å². The van der Waals surface area contributed by atoms with E-state index >= 15 is 0 Å². The van der Waals surface area contributed by atoms with Gasteiger partial charge in [0.15, 0.2) is 0 Å². The van der Waals surface area contributed by atoms with Gasteiger partial charge in [0.1, 0.15) is 0 Å². The van der Waals surface area contributed by atoms with Gasteiger partial charge < -0.3 is 4.74 Å². The highest BCUT2D eigenvalue weighted by Gasteiger charge is 2.35. The molecule has 0 fully saturated rings. The largest absolute Gasteiger partial charge is 0.574 e. The van der Waals surface area contributed by atoms with Crippen molar-refractivity contribution >= 4 is 25.4 Å². The molecule has 0 radical (unpaired) electrons. The molecule has 0 atom stereocenters. The van der Waals surface area contributed by atoms with E-state index < -0.39 is 42.5 Å². The van der Waals surface area contributed by atoms with Crippen LogP contribution in [-0.4, -0.2) is 24.7 Å². The summed E-state index contributed by atoms with van der Waals surface area (Å²) in [6.07, 6.45) is -5.12. The van der Waals surface area contributed by atoms with Gasteiger partial charge in [0.2, 0.25) is 5.88 Å². The van der Waals surface area contributed by atoms with Crippen molar-refractivity contribution in [2.75, 3.05) is 0 Å². The molecule has 0 unspecified atom stereocenters. The van der Waals surface area contributed by atoms with E-state index in [1.54, 1.807) is 0 Å². The number of alkyl halides is 3. The average molecular weight is 321 g/mol. The van der Waals surface area contributed by atoms with Crippen molar-refractivity contribution in [3.8, 4) is 5.88 Å². The molecule has 12 heteroatoms. The van der Waals surface area contributed by atoms with Crippen LogP contribution < -0.4 is 4.74 Å². The quantitative estimate of drug-likeness (QED) is 0.480. The number of aryl methyl sites for hydroxylation is 1. The smallest absolute Gasteiger partial charge is 0.388 e. The number of nitrogens with zero attached hydrogens (tertiary/aromatic N) is 2. The molecule has 0 saturated heterocycles. The zero-order valence-electron chi connectivity index (χ0n) is 8.93. The summed E-state index contributed by atoms with van der Waals surface area (Å²) in [5, 5.41) is 9.36. The van der Waals surface area contributed by atoms with Crippen LogP contribution in [0.25, 0.3) is 0 Å². The first-order valence-corrected chi connectivity index (χ1v) is 6.59. The van der Waals surface area contributed by atoms with Gasteiger partial charge >= 0.3 is 12.0 Å². The molecule has 0 spiro atoms. The Kier molecular flexibility index (Phi) is 3.91. The van der Waals surface area contributed by atoms with E-state index in [1.165, 1.54) is 0 Å². The fraction of sp³-hybridized carbons (Fsp3) is 0.286. The summed E-state index contributed by atoms with van der Waals surface area (Å²) in [6.45, 7) is 1.02. The number of hydrogen-bond donors (Lipinski definition) is 0. The molecule has 0 aliphatic rings. The molecule has 0 saturated carbocycles. The molecule has 7 nitrogen and oxygen atoms in total. The Bertz CT molecular complexity index is 630. The molecule has 106 valence electrons. The zero-order valence-corrected chi connectivity index (χ0v) is 10.5. The van der Waals surface area contributed by atoms with Gasteiger partial charge in [-0.1, -0.05) is 0 Å². The maximum atomic E-state index is 12.0. The zero-order chi connectivity index (χ0) is 15.0. The molecule has 1 aromatic rings. The molecular weight excluding hydrogens is 317 g/mol. The Morgan fingerprint density at radius 3 is 2.37 bits per heavy atom. The lowest BCUT2D eigenvalue weighted by Crippen LogP contribution is -2.19. The number of hydrogen-bond acceptors (Lipinski definition) is 6. The van der Waals surface area contributed by atoms with Crippen molar-refractivity contribution in [3.05, 3.63) is 21.7 Å². The highest BCUT2D eigenvalue weighted by atomic mass is 35.7. The predicted molar refractivity (Wildman–Crippen MR) is 55.4 cm³/mol. The minimum atomic E-state index is -5.12. The first-order chi connectivity index (χ1) is 8.42. The molecule has 1 aromatic heterocycles. The minimum absolute atomic E-state index is 0.390. The van der Waals surface area contributed by atoms with Crippen LogP contribution in [0, 0.1) is 17.0 Å². The number of pyridine rings is 1. The number of halogens is 4. The second kappa shape index (κ2) is 4.81. The first kappa shape index (κ1) is 15.4. The molecule has 1 rings (SSSR count).